The predicted molar refractivity (Wildman–Crippen MR) is 73.1 cm³/mol. The smallest absolute Gasteiger partial charge is 0.0610 e. The maximum atomic E-state index is 9.37. The summed E-state index contributed by atoms with van der Waals surface area (Å²) in [6.45, 7) is 4.62. The minimum atomic E-state index is -0.110. The molecule has 0 aromatic rings. The first kappa shape index (κ1) is 14.3. The van der Waals surface area contributed by atoms with Crippen LogP contribution in [0.3, 0.4) is 0 Å². The number of likely N-dealkylation sites (N-methyl/N-ethyl adjacent to an activating group) is 1. The van der Waals surface area contributed by atoms with Crippen molar-refractivity contribution >= 4 is 11.8 Å². The Kier molecular flexibility index (Phi) is 6.16. The molecule has 1 aliphatic rings. The first-order valence-corrected chi connectivity index (χ1v) is 7.49. The molecule has 2 N–H and O–H groups in total. The van der Waals surface area contributed by atoms with Crippen molar-refractivity contribution in [2.75, 3.05) is 13.7 Å². The molecule has 1 aliphatic carbocycles. The second-order valence-electron chi connectivity index (χ2n) is 5.38. The minimum absolute atomic E-state index is 0.110. The van der Waals surface area contributed by atoms with Crippen LogP contribution in [0.4, 0.5) is 0 Å². The number of thioether (sulfide) groups is 1. The Morgan fingerprint density at radius 2 is 2.00 bits per heavy atom. The van der Waals surface area contributed by atoms with Crippen LogP contribution < -0.4 is 5.32 Å². The van der Waals surface area contributed by atoms with Crippen molar-refractivity contribution in [1.82, 2.24) is 5.32 Å². The Bertz CT molecular complexity index is 188. The average molecular weight is 245 g/mol. The van der Waals surface area contributed by atoms with Gasteiger partial charge in [0.2, 0.25) is 0 Å². The van der Waals surface area contributed by atoms with Gasteiger partial charge in [-0.2, -0.15) is 11.8 Å². The van der Waals surface area contributed by atoms with Crippen LogP contribution in [-0.2, 0) is 0 Å². The number of nitrogens with one attached hydrogen (secondary N) is 1. The third-order valence-electron chi connectivity index (χ3n) is 3.67. The molecule has 0 bridgehead atoms. The lowest BCUT2D eigenvalue weighted by atomic mass is 9.97. The van der Waals surface area contributed by atoms with Crippen molar-refractivity contribution in [3.8, 4) is 0 Å². The standard InChI is InChI=1S/C13H27NOS/c1-11(9-13(2,10-15)14-3)16-12-7-5-4-6-8-12/h11-12,14-15H,4-10H2,1-3H3. The van der Waals surface area contributed by atoms with E-state index in [9.17, 15) is 5.11 Å². The van der Waals surface area contributed by atoms with Crippen molar-refractivity contribution in [3.05, 3.63) is 0 Å². The highest BCUT2D eigenvalue weighted by molar-refractivity contribution is 8.00. The fourth-order valence-electron chi connectivity index (χ4n) is 2.46. The van der Waals surface area contributed by atoms with Crippen molar-refractivity contribution in [1.29, 1.82) is 0 Å². The van der Waals surface area contributed by atoms with Gasteiger partial charge in [0.05, 0.1) is 6.61 Å². The van der Waals surface area contributed by atoms with Gasteiger partial charge in [0.15, 0.2) is 0 Å². The number of aliphatic hydroxyl groups excluding tert-OH is 1. The van der Waals surface area contributed by atoms with Crippen LogP contribution in [0.1, 0.15) is 52.4 Å². The molecular weight excluding hydrogens is 218 g/mol. The van der Waals surface area contributed by atoms with E-state index in [-0.39, 0.29) is 12.1 Å². The molecule has 0 aliphatic heterocycles. The summed E-state index contributed by atoms with van der Waals surface area (Å²) < 4.78 is 0. The van der Waals surface area contributed by atoms with E-state index in [0.29, 0.717) is 5.25 Å². The minimum Gasteiger partial charge on any atom is -0.394 e. The zero-order valence-corrected chi connectivity index (χ0v) is 11.8. The van der Waals surface area contributed by atoms with Gasteiger partial charge in [-0.25, -0.2) is 0 Å². The zero-order valence-electron chi connectivity index (χ0n) is 11.0. The number of aliphatic hydroxyl groups is 1. The van der Waals surface area contributed by atoms with E-state index in [4.69, 9.17) is 0 Å². The van der Waals surface area contributed by atoms with Gasteiger partial charge >= 0.3 is 0 Å². The molecule has 1 rings (SSSR count). The Morgan fingerprint density at radius 3 is 2.50 bits per heavy atom. The van der Waals surface area contributed by atoms with Crippen LogP contribution in [0.2, 0.25) is 0 Å². The predicted octanol–water partition coefficient (Wildman–Crippen LogP) is 2.80. The molecule has 1 saturated carbocycles. The van der Waals surface area contributed by atoms with Gasteiger partial charge in [0.1, 0.15) is 0 Å². The van der Waals surface area contributed by atoms with Crippen LogP contribution in [-0.4, -0.2) is 34.8 Å². The molecule has 2 atom stereocenters. The molecule has 0 aromatic heterocycles. The first-order chi connectivity index (χ1) is 7.59. The van der Waals surface area contributed by atoms with E-state index in [0.717, 1.165) is 11.7 Å². The van der Waals surface area contributed by atoms with Crippen molar-refractivity contribution in [2.45, 2.75) is 68.4 Å². The lowest BCUT2D eigenvalue weighted by Crippen LogP contribution is -2.45. The molecule has 0 radical (unpaired) electrons. The molecule has 2 unspecified atom stereocenters. The van der Waals surface area contributed by atoms with Gasteiger partial charge in [-0.1, -0.05) is 26.2 Å². The van der Waals surface area contributed by atoms with Crippen LogP contribution >= 0.6 is 11.8 Å². The molecule has 96 valence electrons. The third kappa shape index (κ3) is 4.64. The Labute approximate surface area is 105 Å². The molecule has 0 heterocycles. The van der Waals surface area contributed by atoms with Crippen LogP contribution in [0.5, 0.6) is 0 Å². The lowest BCUT2D eigenvalue weighted by Gasteiger charge is -2.32. The van der Waals surface area contributed by atoms with Gasteiger partial charge in [0, 0.05) is 16.0 Å². The van der Waals surface area contributed by atoms with Gasteiger partial charge in [-0.15, -0.1) is 0 Å². The summed E-state index contributed by atoms with van der Waals surface area (Å²) in [5.41, 5.74) is -0.110. The lowest BCUT2D eigenvalue weighted by molar-refractivity contribution is 0.174. The summed E-state index contributed by atoms with van der Waals surface area (Å²) in [6.07, 6.45) is 8.08. The summed E-state index contributed by atoms with van der Waals surface area (Å²) in [6, 6.07) is 0. The molecule has 3 heteroatoms. The second kappa shape index (κ2) is 6.87. The Balaban J connectivity index is 2.30. The third-order valence-corrected chi connectivity index (χ3v) is 5.16. The normalized spacial score (nSPS) is 24.0. The van der Waals surface area contributed by atoms with Crippen molar-refractivity contribution in [2.24, 2.45) is 0 Å². The van der Waals surface area contributed by atoms with Crippen molar-refractivity contribution < 1.29 is 5.11 Å². The molecule has 2 nitrogen and oxygen atoms in total. The molecular formula is C13H27NOS. The summed E-state index contributed by atoms with van der Waals surface area (Å²) in [5.74, 6) is 0. The monoisotopic (exact) mass is 245 g/mol. The Hall–Kier alpha value is 0.270. The van der Waals surface area contributed by atoms with E-state index in [2.05, 4.69) is 30.9 Å². The summed E-state index contributed by atoms with van der Waals surface area (Å²) in [5, 5.41) is 14.1. The van der Waals surface area contributed by atoms with Gasteiger partial charge in [-0.3, -0.25) is 0 Å². The van der Waals surface area contributed by atoms with Crippen molar-refractivity contribution in [3.63, 3.8) is 0 Å². The maximum Gasteiger partial charge on any atom is 0.0610 e. The van der Waals surface area contributed by atoms with E-state index in [1.54, 1.807) is 0 Å². The second-order valence-corrected chi connectivity index (χ2v) is 7.12. The number of rotatable bonds is 6. The maximum absolute atomic E-state index is 9.37. The summed E-state index contributed by atoms with van der Waals surface area (Å²) in [7, 11) is 1.94. The molecule has 0 aromatic carbocycles. The topological polar surface area (TPSA) is 32.3 Å². The Morgan fingerprint density at radius 1 is 1.38 bits per heavy atom. The highest BCUT2D eigenvalue weighted by atomic mass is 32.2. The highest BCUT2D eigenvalue weighted by Crippen LogP contribution is 2.33. The fraction of sp³-hybridized carbons (Fsp3) is 1.00. The summed E-state index contributed by atoms with van der Waals surface area (Å²) in [4.78, 5) is 0. The van der Waals surface area contributed by atoms with E-state index in [1.807, 2.05) is 7.05 Å². The molecule has 1 fully saturated rings. The van der Waals surface area contributed by atoms with E-state index in [1.165, 1.54) is 32.1 Å². The molecule has 16 heavy (non-hydrogen) atoms. The molecule has 0 spiro atoms. The van der Waals surface area contributed by atoms with E-state index < -0.39 is 0 Å². The SMILES string of the molecule is CNC(C)(CO)CC(C)SC1CCCCC1. The molecule has 0 saturated heterocycles. The quantitative estimate of drug-likeness (QED) is 0.755. The van der Waals surface area contributed by atoms with Gasteiger partial charge in [-0.05, 0) is 33.2 Å². The largest absolute Gasteiger partial charge is 0.394 e. The zero-order chi connectivity index (χ0) is 12.0. The van der Waals surface area contributed by atoms with Gasteiger partial charge in [0.25, 0.3) is 0 Å². The average Bonchev–Trinajstić information content (AvgIpc) is 2.30. The summed E-state index contributed by atoms with van der Waals surface area (Å²) >= 11 is 2.13. The van der Waals surface area contributed by atoms with Crippen LogP contribution in [0.25, 0.3) is 0 Å². The number of hydrogen-bond acceptors (Lipinski definition) is 3. The van der Waals surface area contributed by atoms with Crippen LogP contribution in [0.15, 0.2) is 0 Å². The van der Waals surface area contributed by atoms with E-state index >= 15 is 0 Å². The highest BCUT2D eigenvalue weighted by Gasteiger charge is 2.26. The fourth-order valence-corrected chi connectivity index (χ4v) is 4.18. The van der Waals surface area contributed by atoms with Crippen LogP contribution in [0, 0.1) is 0 Å². The first-order valence-electron chi connectivity index (χ1n) is 6.55. The van der Waals surface area contributed by atoms with Gasteiger partial charge < -0.3 is 10.4 Å². The number of hydrogen-bond donors (Lipinski definition) is 2. The molecule has 0 amide bonds.